The quantitative estimate of drug-likeness (QED) is 0.563. The van der Waals surface area contributed by atoms with Crippen LogP contribution in [0.1, 0.15) is 6.92 Å². The molecule has 78 valence electrons. The van der Waals surface area contributed by atoms with Crippen LogP contribution in [0.4, 0.5) is 5.95 Å². The average Bonchev–Trinajstić information content (AvgIpc) is 2.16. The standard InChI is InChI=1S/C8H13N3O2S/c1-5(4-12)14-7-3-6(13-2)10-8(9)11-7/h3,5,12H,4H2,1-2H3,(H2,9,10,11). The van der Waals surface area contributed by atoms with E-state index in [2.05, 4.69) is 9.97 Å². The zero-order chi connectivity index (χ0) is 10.6. The SMILES string of the molecule is COc1cc(SC(C)CO)nc(N)n1. The van der Waals surface area contributed by atoms with E-state index in [1.165, 1.54) is 18.9 Å². The first-order valence-corrected chi connectivity index (χ1v) is 4.99. The molecule has 1 heterocycles. The van der Waals surface area contributed by atoms with Gasteiger partial charge < -0.3 is 15.6 Å². The zero-order valence-corrected chi connectivity index (χ0v) is 8.91. The lowest BCUT2D eigenvalue weighted by Crippen LogP contribution is -2.04. The predicted octanol–water partition coefficient (Wildman–Crippen LogP) is 0.540. The molecule has 0 amide bonds. The van der Waals surface area contributed by atoms with Crippen LogP contribution in [0.25, 0.3) is 0 Å². The van der Waals surface area contributed by atoms with Crippen molar-refractivity contribution in [3.05, 3.63) is 6.07 Å². The number of nitrogens with zero attached hydrogens (tertiary/aromatic N) is 2. The summed E-state index contributed by atoms with van der Waals surface area (Å²) in [6.07, 6.45) is 0. The average molecular weight is 215 g/mol. The van der Waals surface area contributed by atoms with E-state index in [1.807, 2.05) is 6.92 Å². The van der Waals surface area contributed by atoms with Crippen LogP contribution < -0.4 is 10.5 Å². The summed E-state index contributed by atoms with van der Waals surface area (Å²) in [6.45, 7) is 1.99. The number of aromatic nitrogens is 2. The Hall–Kier alpha value is -1.01. The monoisotopic (exact) mass is 215 g/mol. The smallest absolute Gasteiger partial charge is 0.224 e. The highest BCUT2D eigenvalue weighted by atomic mass is 32.2. The van der Waals surface area contributed by atoms with Crippen molar-refractivity contribution >= 4 is 17.7 Å². The van der Waals surface area contributed by atoms with Crippen LogP contribution in [0, 0.1) is 0 Å². The molecule has 0 spiro atoms. The third-order valence-electron chi connectivity index (χ3n) is 1.48. The van der Waals surface area contributed by atoms with Crippen molar-refractivity contribution in [3.63, 3.8) is 0 Å². The van der Waals surface area contributed by atoms with Gasteiger partial charge in [0.2, 0.25) is 11.8 Å². The van der Waals surface area contributed by atoms with Gasteiger partial charge in [-0.05, 0) is 0 Å². The third kappa shape index (κ3) is 3.04. The van der Waals surface area contributed by atoms with Crippen molar-refractivity contribution in [1.29, 1.82) is 0 Å². The summed E-state index contributed by atoms with van der Waals surface area (Å²) in [5, 5.41) is 9.65. The first kappa shape index (κ1) is 11.1. The summed E-state index contributed by atoms with van der Waals surface area (Å²) in [5.41, 5.74) is 5.47. The lowest BCUT2D eigenvalue weighted by Gasteiger charge is -2.07. The highest BCUT2D eigenvalue weighted by molar-refractivity contribution is 7.99. The van der Waals surface area contributed by atoms with Crippen LogP contribution >= 0.6 is 11.8 Å². The molecule has 5 nitrogen and oxygen atoms in total. The lowest BCUT2D eigenvalue weighted by atomic mass is 10.5. The van der Waals surface area contributed by atoms with Gasteiger partial charge >= 0.3 is 0 Å². The van der Waals surface area contributed by atoms with Crippen LogP contribution in [0.3, 0.4) is 0 Å². The van der Waals surface area contributed by atoms with Crippen molar-refractivity contribution < 1.29 is 9.84 Å². The number of aliphatic hydroxyl groups excluding tert-OH is 1. The van der Waals surface area contributed by atoms with E-state index in [1.54, 1.807) is 6.07 Å². The van der Waals surface area contributed by atoms with Crippen LogP contribution in [0.5, 0.6) is 5.88 Å². The number of hydrogen-bond donors (Lipinski definition) is 2. The number of ether oxygens (including phenoxy) is 1. The Kier molecular flexibility index (Phi) is 3.97. The molecule has 0 radical (unpaired) electrons. The summed E-state index contributed by atoms with van der Waals surface area (Å²) < 4.78 is 4.94. The van der Waals surface area contributed by atoms with Gasteiger partial charge in [-0.2, -0.15) is 4.98 Å². The summed E-state index contributed by atoms with van der Waals surface area (Å²) in [7, 11) is 1.52. The van der Waals surface area contributed by atoms with Gasteiger partial charge in [0, 0.05) is 11.3 Å². The Morgan fingerprint density at radius 1 is 1.64 bits per heavy atom. The first-order valence-electron chi connectivity index (χ1n) is 4.11. The zero-order valence-electron chi connectivity index (χ0n) is 8.10. The second-order valence-electron chi connectivity index (χ2n) is 2.72. The Bertz CT molecular complexity index is 309. The van der Waals surface area contributed by atoms with Gasteiger partial charge in [-0.15, -0.1) is 11.8 Å². The fraction of sp³-hybridized carbons (Fsp3) is 0.500. The summed E-state index contributed by atoms with van der Waals surface area (Å²) in [4.78, 5) is 7.86. The second-order valence-corrected chi connectivity index (χ2v) is 4.18. The maximum atomic E-state index is 8.87. The van der Waals surface area contributed by atoms with Crippen LogP contribution in [-0.2, 0) is 0 Å². The Labute approximate surface area is 86.7 Å². The number of nitrogens with two attached hydrogens (primary N) is 1. The molecule has 1 rings (SSSR count). The van der Waals surface area contributed by atoms with Crippen molar-refractivity contribution in [2.75, 3.05) is 19.5 Å². The van der Waals surface area contributed by atoms with Gasteiger partial charge in [0.05, 0.1) is 13.7 Å². The number of methoxy groups -OCH3 is 1. The molecule has 0 saturated carbocycles. The Morgan fingerprint density at radius 3 is 2.93 bits per heavy atom. The molecule has 0 bridgehead atoms. The summed E-state index contributed by atoms with van der Waals surface area (Å²) in [5.74, 6) is 0.613. The highest BCUT2D eigenvalue weighted by Gasteiger charge is 2.07. The number of hydrogen-bond acceptors (Lipinski definition) is 6. The molecule has 0 saturated heterocycles. The van der Waals surface area contributed by atoms with Crippen LogP contribution in [-0.4, -0.2) is 34.0 Å². The molecule has 1 unspecified atom stereocenters. The first-order chi connectivity index (χ1) is 6.65. The minimum Gasteiger partial charge on any atom is -0.481 e. The molecular formula is C8H13N3O2S. The van der Waals surface area contributed by atoms with Crippen molar-refractivity contribution in [2.45, 2.75) is 17.2 Å². The predicted molar refractivity (Wildman–Crippen MR) is 55.4 cm³/mol. The number of rotatable bonds is 4. The maximum absolute atomic E-state index is 8.87. The maximum Gasteiger partial charge on any atom is 0.224 e. The molecule has 14 heavy (non-hydrogen) atoms. The van der Waals surface area contributed by atoms with Gasteiger partial charge in [-0.3, -0.25) is 0 Å². The fourth-order valence-electron chi connectivity index (χ4n) is 0.829. The topological polar surface area (TPSA) is 81.3 Å². The van der Waals surface area contributed by atoms with Crippen molar-refractivity contribution in [2.24, 2.45) is 0 Å². The molecule has 0 aromatic carbocycles. The number of aliphatic hydroxyl groups is 1. The number of thioether (sulfide) groups is 1. The van der Waals surface area contributed by atoms with Gasteiger partial charge in [0.1, 0.15) is 5.03 Å². The van der Waals surface area contributed by atoms with Gasteiger partial charge in [0.15, 0.2) is 0 Å². The lowest BCUT2D eigenvalue weighted by molar-refractivity contribution is 0.300. The minimum atomic E-state index is 0.0778. The van der Waals surface area contributed by atoms with Crippen molar-refractivity contribution in [1.82, 2.24) is 9.97 Å². The Balaban J connectivity index is 2.81. The van der Waals surface area contributed by atoms with Gasteiger partial charge in [-0.1, -0.05) is 6.92 Å². The molecule has 1 aromatic rings. The van der Waals surface area contributed by atoms with Crippen molar-refractivity contribution in [3.8, 4) is 5.88 Å². The van der Waals surface area contributed by atoms with Gasteiger partial charge in [-0.25, -0.2) is 4.98 Å². The molecule has 3 N–H and O–H groups in total. The number of anilines is 1. The van der Waals surface area contributed by atoms with Crippen LogP contribution in [0.2, 0.25) is 0 Å². The Morgan fingerprint density at radius 2 is 2.36 bits per heavy atom. The minimum absolute atomic E-state index is 0.0778. The summed E-state index contributed by atoms with van der Waals surface area (Å²) in [6, 6.07) is 1.69. The molecule has 1 aromatic heterocycles. The van der Waals surface area contributed by atoms with E-state index in [9.17, 15) is 0 Å². The number of nitrogen functional groups attached to an aromatic ring is 1. The molecule has 0 aliphatic heterocycles. The van der Waals surface area contributed by atoms with E-state index in [-0.39, 0.29) is 17.8 Å². The summed E-state index contributed by atoms with van der Waals surface area (Å²) >= 11 is 1.43. The highest BCUT2D eigenvalue weighted by Crippen LogP contribution is 2.24. The van der Waals surface area contributed by atoms with E-state index >= 15 is 0 Å². The molecular weight excluding hydrogens is 202 g/mol. The second kappa shape index (κ2) is 5.02. The fourth-order valence-corrected chi connectivity index (χ4v) is 1.63. The molecule has 0 fully saturated rings. The van der Waals surface area contributed by atoms with E-state index in [4.69, 9.17) is 15.6 Å². The molecule has 0 aliphatic carbocycles. The molecule has 0 aliphatic rings. The normalized spacial score (nSPS) is 12.5. The van der Waals surface area contributed by atoms with E-state index in [0.29, 0.717) is 10.9 Å². The van der Waals surface area contributed by atoms with E-state index in [0.717, 1.165) is 0 Å². The van der Waals surface area contributed by atoms with Gasteiger partial charge in [0.25, 0.3) is 0 Å². The van der Waals surface area contributed by atoms with E-state index < -0.39 is 0 Å². The third-order valence-corrected chi connectivity index (χ3v) is 2.49. The molecule has 6 heteroatoms. The van der Waals surface area contributed by atoms with Crippen LogP contribution in [0.15, 0.2) is 11.1 Å². The molecule has 1 atom stereocenters. The largest absolute Gasteiger partial charge is 0.481 e.